The van der Waals surface area contributed by atoms with Crippen molar-refractivity contribution in [2.75, 3.05) is 19.4 Å². The van der Waals surface area contributed by atoms with Gasteiger partial charge in [-0.15, -0.1) is 0 Å². The maximum atomic E-state index is 11.9. The summed E-state index contributed by atoms with van der Waals surface area (Å²) < 4.78 is 17.2. The van der Waals surface area contributed by atoms with Crippen LogP contribution < -0.4 is 0 Å². The van der Waals surface area contributed by atoms with Crippen molar-refractivity contribution in [2.45, 2.75) is 40.0 Å². The fraction of sp³-hybridized carbons (Fsp3) is 0.909. The Kier molecular flexibility index (Phi) is 7.12. The number of unbranched alkanes of at least 4 members (excludes halogenated alkanes) is 1. The highest BCUT2D eigenvalue weighted by Crippen LogP contribution is 2.43. The molecule has 0 radical (unpaired) electrons. The second-order valence-electron chi connectivity index (χ2n) is 4.22. The molecule has 15 heavy (non-hydrogen) atoms. The Labute approximate surface area is 93.0 Å². The van der Waals surface area contributed by atoms with Crippen molar-refractivity contribution >= 4 is 13.2 Å². The van der Waals surface area contributed by atoms with E-state index in [9.17, 15) is 9.36 Å². The Hall–Kier alpha value is -0.140. The third kappa shape index (κ3) is 7.75. The van der Waals surface area contributed by atoms with E-state index in [0.29, 0.717) is 19.2 Å². The van der Waals surface area contributed by atoms with E-state index >= 15 is 0 Å². The van der Waals surface area contributed by atoms with Crippen molar-refractivity contribution in [1.82, 2.24) is 0 Å². The van der Waals surface area contributed by atoms with Gasteiger partial charge in [0.2, 0.25) is 0 Å². The van der Waals surface area contributed by atoms with Crippen LogP contribution in [-0.4, -0.2) is 25.2 Å². The van der Waals surface area contributed by atoms with Gasteiger partial charge >= 0.3 is 0 Å². The van der Waals surface area contributed by atoms with Gasteiger partial charge in [0.25, 0.3) is 0 Å². The Balaban J connectivity index is 3.83. The molecule has 0 saturated heterocycles. The summed E-state index contributed by atoms with van der Waals surface area (Å²) in [6.45, 7) is 7.74. The minimum absolute atomic E-state index is 0.00644. The first kappa shape index (κ1) is 14.9. The van der Waals surface area contributed by atoms with Gasteiger partial charge in [-0.25, -0.2) is 0 Å². The smallest absolute Gasteiger partial charge is 0.200 e. The number of hydrogen-bond donors (Lipinski definition) is 0. The minimum Gasteiger partial charge on any atom is -0.329 e. The summed E-state index contributed by atoms with van der Waals surface area (Å²) in [6.07, 6.45) is 3.16. The lowest BCUT2D eigenvalue weighted by molar-refractivity contribution is -0.120. The molecule has 0 aliphatic carbocycles. The first-order chi connectivity index (χ1) is 6.89. The average molecular weight is 234 g/mol. The molecule has 0 N–H and O–H groups in total. The van der Waals surface area contributed by atoms with Crippen molar-refractivity contribution in [2.24, 2.45) is 5.92 Å². The van der Waals surface area contributed by atoms with Gasteiger partial charge < -0.3 is 4.52 Å². The molecule has 0 aliphatic heterocycles. The Morgan fingerprint density at radius 2 is 2.07 bits per heavy atom. The molecule has 0 heterocycles. The number of Topliss-reactive ketones (excluding diaryl/α,β-unsaturated/α-hetero) is 1. The number of carbonyl (C=O) groups excluding carboxylic acids is 1. The van der Waals surface area contributed by atoms with Crippen LogP contribution in [-0.2, 0) is 13.9 Å². The summed E-state index contributed by atoms with van der Waals surface area (Å²) in [5.41, 5.74) is 0. The fourth-order valence-electron chi connectivity index (χ4n) is 1.10. The molecule has 0 bridgehead atoms. The summed E-state index contributed by atoms with van der Waals surface area (Å²) in [5.74, 6) is 0.150. The minimum atomic E-state index is -2.47. The van der Waals surface area contributed by atoms with Crippen LogP contribution in [0.1, 0.15) is 40.0 Å². The Morgan fingerprint density at radius 1 is 1.47 bits per heavy atom. The first-order valence-corrected chi connectivity index (χ1v) is 7.86. The molecule has 0 spiro atoms. The Bertz CT molecular complexity index is 238. The summed E-state index contributed by atoms with van der Waals surface area (Å²) in [6, 6.07) is 0. The molecular weight excluding hydrogens is 211 g/mol. The van der Waals surface area contributed by atoms with Gasteiger partial charge in [-0.1, -0.05) is 20.3 Å². The highest BCUT2D eigenvalue weighted by molar-refractivity contribution is 7.58. The predicted molar refractivity (Wildman–Crippen MR) is 63.7 cm³/mol. The normalized spacial score (nSPS) is 17.1. The lowest BCUT2D eigenvalue weighted by atomic mass is 10.1. The average Bonchev–Trinajstić information content (AvgIpc) is 2.14. The van der Waals surface area contributed by atoms with Crippen LogP contribution in [0.25, 0.3) is 0 Å². The topological polar surface area (TPSA) is 43.4 Å². The van der Waals surface area contributed by atoms with Crippen LogP contribution in [0.15, 0.2) is 0 Å². The number of ketones is 1. The molecule has 0 amide bonds. The standard InChI is InChI=1S/C11H23O3P/c1-5-6-8-14-15(4,13)9-7-10(2)11(3)12/h10H,5-9H2,1-4H3. The van der Waals surface area contributed by atoms with E-state index in [-0.39, 0.29) is 11.7 Å². The monoisotopic (exact) mass is 234 g/mol. The zero-order valence-corrected chi connectivity index (χ0v) is 11.2. The van der Waals surface area contributed by atoms with Gasteiger partial charge in [0.1, 0.15) is 5.78 Å². The van der Waals surface area contributed by atoms with Crippen LogP contribution in [0.3, 0.4) is 0 Å². The molecular formula is C11H23O3P. The number of carbonyl (C=O) groups is 1. The Morgan fingerprint density at radius 3 is 2.53 bits per heavy atom. The van der Waals surface area contributed by atoms with Gasteiger partial charge in [-0.3, -0.25) is 9.36 Å². The quantitative estimate of drug-likeness (QED) is 0.478. The molecule has 0 aromatic carbocycles. The zero-order chi connectivity index (χ0) is 11.9. The largest absolute Gasteiger partial charge is 0.329 e. The summed E-state index contributed by atoms with van der Waals surface area (Å²) in [7, 11) is -2.47. The third-order valence-electron chi connectivity index (χ3n) is 2.52. The second kappa shape index (κ2) is 7.19. The molecule has 90 valence electrons. The zero-order valence-electron chi connectivity index (χ0n) is 10.3. The predicted octanol–water partition coefficient (Wildman–Crippen LogP) is 3.33. The van der Waals surface area contributed by atoms with Gasteiger partial charge in [-0.2, -0.15) is 0 Å². The fourth-order valence-corrected chi connectivity index (χ4v) is 2.60. The molecule has 3 nitrogen and oxygen atoms in total. The first-order valence-electron chi connectivity index (χ1n) is 5.60. The van der Waals surface area contributed by atoms with E-state index in [1.807, 2.05) is 6.92 Å². The molecule has 4 heteroatoms. The summed E-state index contributed by atoms with van der Waals surface area (Å²) in [5, 5.41) is 0. The van der Waals surface area contributed by atoms with E-state index in [1.165, 1.54) is 0 Å². The molecule has 2 unspecified atom stereocenters. The molecule has 0 saturated carbocycles. The van der Waals surface area contributed by atoms with Gasteiger partial charge in [0.05, 0.1) is 6.61 Å². The van der Waals surface area contributed by atoms with E-state index in [4.69, 9.17) is 4.52 Å². The highest BCUT2D eigenvalue weighted by Gasteiger charge is 2.18. The van der Waals surface area contributed by atoms with E-state index in [0.717, 1.165) is 12.8 Å². The number of hydrogen-bond acceptors (Lipinski definition) is 3. The van der Waals surface area contributed by atoms with Crippen LogP contribution in [0, 0.1) is 5.92 Å². The van der Waals surface area contributed by atoms with Gasteiger partial charge in [0.15, 0.2) is 7.37 Å². The van der Waals surface area contributed by atoms with Crippen molar-refractivity contribution < 1.29 is 13.9 Å². The highest BCUT2D eigenvalue weighted by atomic mass is 31.2. The van der Waals surface area contributed by atoms with Gasteiger partial charge in [-0.05, 0) is 19.8 Å². The molecule has 0 fully saturated rings. The van der Waals surface area contributed by atoms with Crippen molar-refractivity contribution in [3.05, 3.63) is 0 Å². The maximum absolute atomic E-state index is 11.9. The molecule has 0 rings (SSSR count). The molecule has 0 aromatic rings. The van der Waals surface area contributed by atoms with Crippen molar-refractivity contribution in [1.29, 1.82) is 0 Å². The van der Waals surface area contributed by atoms with Gasteiger partial charge in [0, 0.05) is 18.7 Å². The molecule has 0 aliphatic rings. The van der Waals surface area contributed by atoms with Crippen LogP contribution >= 0.6 is 7.37 Å². The lowest BCUT2D eigenvalue weighted by Gasteiger charge is -2.15. The second-order valence-corrected chi connectivity index (χ2v) is 6.96. The van der Waals surface area contributed by atoms with Crippen molar-refractivity contribution in [3.8, 4) is 0 Å². The van der Waals surface area contributed by atoms with E-state index in [2.05, 4.69) is 6.92 Å². The molecule has 0 aromatic heterocycles. The van der Waals surface area contributed by atoms with Crippen LogP contribution in [0.4, 0.5) is 0 Å². The van der Waals surface area contributed by atoms with E-state index < -0.39 is 7.37 Å². The van der Waals surface area contributed by atoms with Crippen LogP contribution in [0.5, 0.6) is 0 Å². The van der Waals surface area contributed by atoms with Crippen molar-refractivity contribution in [3.63, 3.8) is 0 Å². The maximum Gasteiger partial charge on any atom is 0.200 e. The number of rotatable bonds is 8. The lowest BCUT2D eigenvalue weighted by Crippen LogP contribution is -2.09. The summed E-state index contributed by atoms with van der Waals surface area (Å²) in [4.78, 5) is 11.0. The van der Waals surface area contributed by atoms with E-state index in [1.54, 1.807) is 13.6 Å². The summed E-state index contributed by atoms with van der Waals surface area (Å²) >= 11 is 0. The third-order valence-corrected chi connectivity index (χ3v) is 4.32. The molecule has 2 atom stereocenters. The SMILES string of the molecule is CCCCOP(C)(=O)CCC(C)C(C)=O. The van der Waals surface area contributed by atoms with Crippen LogP contribution in [0.2, 0.25) is 0 Å².